The van der Waals surface area contributed by atoms with E-state index in [2.05, 4.69) is 27.7 Å². The van der Waals surface area contributed by atoms with Crippen molar-refractivity contribution in [2.45, 2.75) is 38.7 Å². The smallest absolute Gasteiger partial charge is 0.226 e. The first kappa shape index (κ1) is 12.4. The molecular weight excluding hydrogens is 242 g/mol. The van der Waals surface area contributed by atoms with E-state index in [9.17, 15) is 4.79 Å². The quantitative estimate of drug-likeness (QED) is 0.819. The average molecular weight is 261 g/mol. The van der Waals surface area contributed by atoms with E-state index in [1.54, 1.807) is 0 Å². The van der Waals surface area contributed by atoms with Gasteiger partial charge in [-0.05, 0) is 25.2 Å². The van der Waals surface area contributed by atoms with Crippen molar-refractivity contribution < 1.29 is 9.53 Å². The number of ether oxygens (including phenoxy) is 1. The second-order valence-electron chi connectivity index (χ2n) is 5.20. The number of nitrogens with one attached hydrogen (secondary N) is 2. The van der Waals surface area contributed by atoms with E-state index < -0.39 is 0 Å². The van der Waals surface area contributed by atoms with Gasteiger partial charge in [0.25, 0.3) is 0 Å². The fourth-order valence-corrected chi connectivity index (χ4v) is 2.69. The summed E-state index contributed by atoms with van der Waals surface area (Å²) in [4.78, 5) is 12.0. The predicted octanol–water partition coefficient (Wildman–Crippen LogP) is 2.17. The molecule has 0 bridgehead atoms. The zero-order valence-electron chi connectivity index (χ0n) is 10.9. The van der Waals surface area contributed by atoms with Crippen molar-refractivity contribution in [2.75, 3.05) is 11.9 Å². The third-order valence-corrected chi connectivity index (χ3v) is 3.75. The van der Waals surface area contributed by atoms with Crippen LogP contribution < -0.4 is 5.32 Å². The number of aromatic nitrogens is 2. The lowest BCUT2D eigenvalue weighted by Gasteiger charge is -2.16. The summed E-state index contributed by atoms with van der Waals surface area (Å²) in [5.74, 6) is 1.05. The fraction of sp³-hybridized carbons (Fsp3) is 0.571. The van der Waals surface area contributed by atoms with Gasteiger partial charge in [-0.25, -0.2) is 0 Å². The van der Waals surface area contributed by atoms with E-state index in [4.69, 9.17) is 4.74 Å². The minimum Gasteiger partial charge on any atom is -0.376 e. The molecule has 1 aliphatic heterocycles. The molecule has 0 saturated carbocycles. The molecule has 1 aromatic rings. The summed E-state index contributed by atoms with van der Waals surface area (Å²) in [6, 6.07) is 0. The number of aromatic amines is 1. The molecule has 102 valence electrons. The van der Waals surface area contributed by atoms with Crippen LogP contribution in [-0.2, 0) is 22.6 Å². The highest BCUT2D eigenvalue weighted by molar-refractivity contribution is 5.90. The number of hydrogen-bond donors (Lipinski definition) is 2. The molecule has 0 fully saturated rings. The topological polar surface area (TPSA) is 67.0 Å². The first-order valence-electron chi connectivity index (χ1n) is 6.93. The molecule has 5 nitrogen and oxygen atoms in total. The van der Waals surface area contributed by atoms with Crippen LogP contribution in [0.1, 0.15) is 36.9 Å². The zero-order chi connectivity index (χ0) is 13.1. The molecular formula is C14H19N3O2. The molecule has 2 heterocycles. The van der Waals surface area contributed by atoms with Gasteiger partial charge in [0, 0.05) is 24.1 Å². The lowest BCUT2D eigenvalue weighted by atomic mass is 9.93. The number of nitrogens with zero attached hydrogens (tertiary/aromatic N) is 1. The minimum atomic E-state index is 0.0384. The number of rotatable bonds is 3. The average Bonchev–Trinajstić information content (AvgIpc) is 2.83. The second kappa shape index (κ2) is 5.57. The Morgan fingerprint density at radius 2 is 2.53 bits per heavy atom. The summed E-state index contributed by atoms with van der Waals surface area (Å²) in [6.07, 6.45) is 9.13. The number of anilines is 1. The van der Waals surface area contributed by atoms with Crippen molar-refractivity contribution in [1.82, 2.24) is 10.2 Å². The van der Waals surface area contributed by atoms with E-state index in [1.807, 2.05) is 0 Å². The van der Waals surface area contributed by atoms with Gasteiger partial charge in [-0.15, -0.1) is 0 Å². The molecule has 0 saturated heterocycles. The van der Waals surface area contributed by atoms with Crippen molar-refractivity contribution in [3.05, 3.63) is 23.4 Å². The summed E-state index contributed by atoms with van der Waals surface area (Å²) in [5, 5.41) is 10.1. The van der Waals surface area contributed by atoms with Crippen LogP contribution in [0.4, 0.5) is 5.82 Å². The molecule has 0 aromatic carbocycles. The third kappa shape index (κ3) is 2.87. The Morgan fingerprint density at radius 3 is 3.37 bits per heavy atom. The van der Waals surface area contributed by atoms with Gasteiger partial charge in [0.1, 0.15) is 0 Å². The maximum atomic E-state index is 12.0. The molecule has 1 amide bonds. The van der Waals surface area contributed by atoms with Gasteiger partial charge in [-0.1, -0.05) is 12.2 Å². The molecule has 1 aliphatic carbocycles. The van der Waals surface area contributed by atoms with Crippen LogP contribution in [-0.4, -0.2) is 22.7 Å². The fourth-order valence-electron chi connectivity index (χ4n) is 2.69. The van der Waals surface area contributed by atoms with Crippen LogP contribution >= 0.6 is 0 Å². The minimum absolute atomic E-state index is 0.0384. The number of hydrogen-bond acceptors (Lipinski definition) is 3. The lowest BCUT2D eigenvalue weighted by molar-refractivity contribution is -0.116. The number of amides is 1. The second-order valence-corrected chi connectivity index (χ2v) is 5.20. The Kier molecular flexibility index (Phi) is 3.64. The van der Waals surface area contributed by atoms with Crippen LogP contribution in [0.15, 0.2) is 12.2 Å². The van der Waals surface area contributed by atoms with E-state index in [1.165, 1.54) is 6.42 Å². The Bertz CT molecular complexity index is 493. The molecule has 0 spiro atoms. The van der Waals surface area contributed by atoms with Crippen LogP contribution in [0.25, 0.3) is 0 Å². The first-order chi connectivity index (χ1) is 9.33. The number of carbonyl (C=O) groups is 1. The molecule has 2 aliphatic rings. The Balaban J connectivity index is 1.61. The highest BCUT2D eigenvalue weighted by Crippen LogP contribution is 2.24. The number of H-pyrrole nitrogens is 1. The van der Waals surface area contributed by atoms with Crippen molar-refractivity contribution in [3.63, 3.8) is 0 Å². The zero-order valence-corrected chi connectivity index (χ0v) is 10.9. The highest BCUT2D eigenvalue weighted by atomic mass is 16.5. The number of carbonyl (C=O) groups excluding carboxylic acids is 1. The first-order valence-corrected chi connectivity index (χ1v) is 6.93. The standard InChI is InChI=1S/C14H19N3O2/c18-13(8-10-4-2-1-3-5-10)15-14-11-9-19-7-6-12(11)16-17-14/h2,4,10H,1,3,5-9H2,(H2,15,16,17,18). The molecule has 1 atom stereocenters. The molecule has 5 heteroatoms. The third-order valence-electron chi connectivity index (χ3n) is 3.75. The summed E-state index contributed by atoms with van der Waals surface area (Å²) in [5.41, 5.74) is 2.08. The largest absolute Gasteiger partial charge is 0.376 e. The predicted molar refractivity (Wildman–Crippen MR) is 71.7 cm³/mol. The van der Waals surface area contributed by atoms with Crippen molar-refractivity contribution in [1.29, 1.82) is 0 Å². The molecule has 2 N–H and O–H groups in total. The normalized spacial score (nSPS) is 22.0. The maximum absolute atomic E-state index is 12.0. The van der Waals surface area contributed by atoms with Gasteiger partial charge in [-0.2, -0.15) is 5.10 Å². The Morgan fingerprint density at radius 1 is 1.58 bits per heavy atom. The maximum Gasteiger partial charge on any atom is 0.226 e. The molecule has 0 radical (unpaired) electrons. The summed E-state index contributed by atoms with van der Waals surface area (Å²) in [6.45, 7) is 1.25. The van der Waals surface area contributed by atoms with E-state index in [-0.39, 0.29) is 5.91 Å². The molecule has 1 aromatic heterocycles. The highest BCUT2D eigenvalue weighted by Gasteiger charge is 2.20. The molecule has 3 rings (SSSR count). The van der Waals surface area contributed by atoms with Crippen LogP contribution in [0.3, 0.4) is 0 Å². The monoisotopic (exact) mass is 261 g/mol. The number of allylic oxidation sites excluding steroid dienone is 2. The summed E-state index contributed by atoms with van der Waals surface area (Å²) >= 11 is 0. The summed E-state index contributed by atoms with van der Waals surface area (Å²) < 4.78 is 5.40. The Labute approximate surface area is 112 Å². The summed E-state index contributed by atoms with van der Waals surface area (Å²) in [7, 11) is 0. The van der Waals surface area contributed by atoms with Gasteiger partial charge in [-0.3, -0.25) is 9.89 Å². The molecule has 19 heavy (non-hydrogen) atoms. The number of fused-ring (bicyclic) bond motifs is 1. The SMILES string of the molecule is O=C(CC1C=CCCC1)Nc1n[nH]c2c1COCC2. The van der Waals surface area contributed by atoms with Gasteiger partial charge >= 0.3 is 0 Å². The lowest BCUT2D eigenvalue weighted by Crippen LogP contribution is -2.18. The van der Waals surface area contributed by atoms with Crippen LogP contribution in [0.2, 0.25) is 0 Å². The van der Waals surface area contributed by atoms with Gasteiger partial charge in [0.05, 0.1) is 13.2 Å². The van der Waals surface area contributed by atoms with E-state index >= 15 is 0 Å². The van der Waals surface area contributed by atoms with Gasteiger partial charge in [0.2, 0.25) is 5.91 Å². The van der Waals surface area contributed by atoms with Gasteiger partial charge in [0.15, 0.2) is 5.82 Å². The van der Waals surface area contributed by atoms with Gasteiger partial charge < -0.3 is 10.1 Å². The van der Waals surface area contributed by atoms with Crippen LogP contribution in [0.5, 0.6) is 0 Å². The van der Waals surface area contributed by atoms with Crippen molar-refractivity contribution in [3.8, 4) is 0 Å². The van der Waals surface area contributed by atoms with E-state index in [0.29, 0.717) is 24.8 Å². The van der Waals surface area contributed by atoms with Crippen molar-refractivity contribution in [2.24, 2.45) is 5.92 Å². The van der Waals surface area contributed by atoms with Crippen LogP contribution in [0, 0.1) is 5.92 Å². The Hall–Kier alpha value is -1.62. The van der Waals surface area contributed by atoms with Crippen molar-refractivity contribution >= 4 is 11.7 Å². The molecule has 1 unspecified atom stereocenters. The van der Waals surface area contributed by atoms with E-state index in [0.717, 1.165) is 37.1 Å².